The zero-order valence-electron chi connectivity index (χ0n) is 20.1. The number of carbonyl (C=O) groups excluding carboxylic acids is 2. The lowest BCUT2D eigenvalue weighted by Gasteiger charge is -2.38. The highest BCUT2D eigenvalue weighted by Crippen LogP contribution is 2.53. The van der Waals surface area contributed by atoms with Gasteiger partial charge in [0.15, 0.2) is 6.10 Å². The van der Waals surface area contributed by atoms with E-state index in [1.54, 1.807) is 39.8 Å². The van der Waals surface area contributed by atoms with Crippen LogP contribution in [-0.4, -0.2) is 58.8 Å². The molecule has 0 radical (unpaired) electrons. The van der Waals surface area contributed by atoms with Gasteiger partial charge in [0.2, 0.25) is 0 Å². The highest BCUT2D eigenvalue weighted by Gasteiger charge is 2.67. The summed E-state index contributed by atoms with van der Waals surface area (Å²) in [5.74, 6) is -1.37. The molecule has 0 aromatic rings. The van der Waals surface area contributed by atoms with Gasteiger partial charge in [-0.3, -0.25) is 0 Å². The first-order chi connectivity index (χ1) is 14.9. The molecule has 1 saturated carbocycles. The standard InChI is InChI=1S/C25H36O7/c1-9-13(3)22(27)29-17(12-18-24(6,7)31-18)15(5)16-11-19-25(8,32-19)21(20(16)26)30-23(28)14(4)10-2/h9-10,16-21,26H,5,11-12H2,1-4,6-8H3/b13-9-,14-10-/t16-,17?,18?,19+,20-,21+,25+/m1/s1. The van der Waals surface area contributed by atoms with Crippen LogP contribution < -0.4 is 0 Å². The Bertz CT molecular complexity index is 854. The molecule has 2 unspecified atom stereocenters. The quantitative estimate of drug-likeness (QED) is 0.263. The van der Waals surface area contributed by atoms with Crippen molar-refractivity contribution >= 4 is 11.9 Å². The summed E-state index contributed by atoms with van der Waals surface area (Å²) in [7, 11) is 0. The first-order valence-corrected chi connectivity index (χ1v) is 11.3. The van der Waals surface area contributed by atoms with E-state index in [1.165, 1.54) is 0 Å². The molecular weight excluding hydrogens is 412 g/mol. The second-order valence-corrected chi connectivity index (χ2v) is 9.81. The summed E-state index contributed by atoms with van der Waals surface area (Å²) < 4.78 is 23.0. The van der Waals surface area contributed by atoms with Gasteiger partial charge in [0.1, 0.15) is 17.8 Å². The Morgan fingerprint density at radius 3 is 2.22 bits per heavy atom. The van der Waals surface area contributed by atoms with Gasteiger partial charge in [0.25, 0.3) is 0 Å². The van der Waals surface area contributed by atoms with E-state index in [0.717, 1.165) is 0 Å². The monoisotopic (exact) mass is 448 g/mol. The summed E-state index contributed by atoms with van der Waals surface area (Å²) in [4.78, 5) is 24.9. The predicted octanol–water partition coefficient (Wildman–Crippen LogP) is 3.40. The van der Waals surface area contributed by atoms with E-state index in [1.807, 2.05) is 20.8 Å². The molecule has 0 aromatic carbocycles. The molecule has 3 fully saturated rings. The Balaban J connectivity index is 1.80. The van der Waals surface area contributed by atoms with E-state index < -0.39 is 41.8 Å². The van der Waals surface area contributed by atoms with Crippen molar-refractivity contribution in [3.05, 3.63) is 35.5 Å². The molecule has 1 N–H and O–H groups in total. The van der Waals surface area contributed by atoms with Crippen LogP contribution in [0.25, 0.3) is 0 Å². The topological polar surface area (TPSA) is 97.9 Å². The summed E-state index contributed by atoms with van der Waals surface area (Å²) in [5, 5.41) is 11.2. The average Bonchev–Trinajstić information content (AvgIpc) is 3.60. The van der Waals surface area contributed by atoms with Crippen LogP contribution in [0.15, 0.2) is 35.5 Å². The summed E-state index contributed by atoms with van der Waals surface area (Å²) in [5.41, 5.74) is 0.527. The van der Waals surface area contributed by atoms with E-state index in [0.29, 0.717) is 29.6 Å². The first-order valence-electron chi connectivity index (χ1n) is 11.3. The van der Waals surface area contributed by atoms with Gasteiger partial charge in [-0.15, -0.1) is 0 Å². The summed E-state index contributed by atoms with van der Waals surface area (Å²) in [6.45, 7) is 16.9. The second-order valence-electron chi connectivity index (χ2n) is 9.81. The maximum atomic E-state index is 12.5. The molecule has 3 aliphatic rings. The summed E-state index contributed by atoms with van der Waals surface area (Å²) >= 11 is 0. The highest BCUT2D eigenvalue weighted by atomic mass is 16.7. The van der Waals surface area contributed by atoms with Crippen molar-refractivity contribution in [2.45, 2.75) is 103 Å². The number of allylic oxidation sites excluding steroid dienone is 2. The third-order valence-corrected chi connectivity index (χ3v) is 7.21. The molecule has 2 saturated heterocycles. The average molecular weight is 449 g/mol. The summed E-state index contributed by atoms with van der Waals surface area (Å²) in [6, 6.07) is 0. The Hall–Kier alpha value is -1.96. The smallest absolute Gasteiger partial charge is 0.333 e. The fourth-order valence-corrected chi connectivity index (χ4v) is 4.32. The lowest BCUT2D eigenvalue weighted by atomic mass is 9.73. The van der Waals surface area contributed by atoms with Crippen molar-refractivity contribution in [2.24, 2.45) is 5.92 Å². The normalized spacial score (nSPS) is 36.6. The fraction of sp³-hybridized carbons (Fsp3) is 0.680. The molecule has 1 aliphatic carbocycles. The fourth-order valence-electron chi connectivity index (χ4n) is 4.32. The number of aliphatic hydroxyl groups excluding tert-OH is 1. The lowest BCUT2D eigenvalue weighted by Crippen LogP contribution is -2.52. The number of ether oxygens (including phenoxy) is 4. The van der Waals surface area contributed by atoms with Crippen LogP contribution in [0, 0.1) is 5.92 Å². The van der Waals surface area contributed by atoms with Crippen molar-refractivity contribution in [2.75, 3.05) is 0 Å². The Morgan fingerprint density at radius 2 is 1.69 bits per heavy atom. The van der Waals surface area contributed by atoms with Gasteiger partial charge in [-0.05, 0) is 60.5 Å². The van der Waals surface area contributed by atoms with Gasteiger partial charge in [0, 0.05) is 23.5 Å². The molecule has 32 heavy (non-hydrogen) atoms. The molecule has 0 spiro atoms. The molecule has 7 heteroatoms. The van der Waals surface area contributed by atoms with Crippen molar-refractivity contribution in [3.8, 4) is 0 Å². The minimum absolute atomic E-state index is 0.0721. The highest BCUT2D eigenvalue weighted by molar-refractivity contribution is 5.88. The van der Waals surface area contributed by atoms with Crippen LogP contribution in [0.2, 0.25) is 0 Å². The molecule has 7 atom stereocenters. The van der Waals surface area contributed by atoms with Gasteiger partial charge in [-0.1, -0.05) is 18.7 Å². The number of carbonyl (C=O) groups is 2. The van der Waals surface area contributed by atoms with Gasteiger partial charge >= 0.3 is 11.9 Å². The molecule has 7 nitrogen and oxygen atoms in total. The SMILES string of the molecule is C=C(C(CC1OC1(C)C)OC(=O)/C(C)=C\C)[C@H]1C[C@@H]2O[C@]2(C)[C@@H](OC(=O)/C(C)=C\C)[C@@H]1O. The van der Waals surface area contributed by atoms with Gasteiger partial charge < -0.3 is 24.1 Å². The van der Waals surface area contributed by atoms with E-state index in [-0.39, 0.29) is 17.8 Å². The second kappa shape index (κ2) is 8.76. The van der Waals surface area contributed by atoms with Gasteiger partial charge in [0.05, 0.1) is 17.8 Å². The van der Waals surface area contributed by atoms with E-state index in [2.05, 4.69) is 6.58 Å². The van der Waals surface area contributed by atoms with Crippen molar-refractivity contribution in [3.63, 3.8) is 0 Å². The van der Waals surface area contributed by atoms with E-state index >= 15 is 0 Å². The van der Waals surface area contributed by atoms with E-state index in [4.69, 9.17) is 18.9 Å². The molecule has 0 amide bonds. The molecule has 2 heterocycles. The largest absolute Gasteiger partial charge is 0.454 e. The zero-order valence-corrected chi connectivity index (χ0v) is 20.1. The third kappa shape index (κ3) is 4.70. The number of hydrogen-bond donors (Lipinski definition) is 1. The van der Waals surface area contributed by atoms with Crippen molar-refractivity contribution in [1.29, 1.82) is 0 Å². The third-order valence-electron chi connectivity index (χ3n) is 7.21. The maximum absolute atomic E-state index is 12.5. The minimum atomic E-state index is -1.03. The van der Waals surface area contributed by atoms with Crippen LogP contribution in [0.4, 0.5) is 0 Å². The summed E-state index contributed by atoms with van der Waals surface area (Å²) in [6.07, 6.45) is 1.57. The number of epoxide rings is 2. The van der Waals surface area contributed by atoms with E-state index in [9.17, 15) is 14.7 Å². The maximum Gasteiger partial charge on any atom is 0.333 e. The molecule has 2 aliphatic heterocycles. The van der Waals surface area contributed by atoms with Gasteiger partial charge in [-0.25, -0.2) is 9.59 Å². The molecular formula is C25H36O7. The molecule has 0 aromatic heterocycles. The Labute approximate surface area is 190 Å². The number of aliphatic hydroxyl groups is 1. The Morgan fingerprint density at radius 1 is 1.12 bits per heavy atom. The predicted molar refractivity (Wildman–Crippen MR) is 119 cm³/mol. The van der Waals surface area contributed by atoms with Crippen LogP contribution in [0.3, 0.4) is 0 Å². The van der Waals surface area contributed by atoms with Crippen molar-refractivity contribution in [1.82, 2.24) is 0 Å². The first kappa shape index (κ1) is 24.7. The van der Waals surface area contributed by atoms with Crippen LogP contribution >= 0.6 is 0 Å². The van der Waals surface area contributed by atoms with Crippen molar-refractivity contribution < 1.29 is 33.6 Å². The minimum Gasteiger partial charge on any atom is -0.454 e. The van der Waals surface area contributed by atoms with Crippen LogP contribution in [0.5, 0.6) is 0 Å². The van der Waals surface area contributed by atoms with Crippen LogP contribution in [-0.2, 0) is 28.5 Å². The molecule has 0 bridgehead atoms. The van der Waals surface area contributed by atoms with Gasteiger partial charge in [-0.2, -0.15) is 0 Å². The number of fused-ring (bicyclic) bond motifs is 1. The molecule has 178 valence electrons. The lowest BCUT2D eigenvalue weighted by molar-refractivity contribution is -0.159. The number of rotatable bonds is 8. The number of esters is 2. The molecule has 3 rings (SSSR count). The number of hydrogen-bond acceptors (Lipinski definition) is 7. The van der Waals surface area contributed by atoms with Crippen LogP contribution in [0.1, 0.15) is 61.3 Å². The Kier molecular flexibility index (Phi) is 6.76. The zero-order chi connectivity index (χ0) is 24.0.